The summed E-state index contributed by atoms with van der Waals surface area (Å²) in [4.78, 5) is 13.6. The summed E-state index contributed by atoms with van der Waals surface area (Å²) in [6.07, 6.45) is 1.11. The fourth-order valence-electron chi connectivity index (χ4n) is 2.18. The number of aliphatic carboxylic acids is 1. The van der Waals surface area contributed by atoms with Crippen LogP contribution in [0.5, 0.6) is 0 Å². The number of nitrogens with one attached hydrogen (secondary N) is 1. The minimum atomic E-state index is -0.772. The molecule has 0 amide bonds. The molecule has 0 bridgehead atoms. The molecule has 0 aromatic heterocycles. The Hall–Kier alpha value is -0.650. The maximum Gasteiger partial charge on any atom is 0.324 e. The minimum absolute atomic E-state index is 0.532. The Morgan fingerprint density at radius 1 is 1.35 bits per heavy atom. The topological polar surface area (TPSA) is 61.8 Å². The summed E-state index contributed by atoms with van der Waals surface area (Å²) in [5.41, 5.74) is -0.772. The molecule has 100 valence electrons. The first-order chi connectivity index (χ1) is 8.14. The van der Waals surface area contributed by atoms with Crippen LogP contribution >= 0.6 is 0 Å². The SMILES string of the molecule is CCN(CC)CCNC1(C(=O)O)CCOCC1. The third-order valence-corrected chi connectivity index (χ3v) is 3.54. The molecule has 17 heavy (non-hydrogen) atoms. The molecule has 1 fully saturated rings. The second kappa shape index (κ2) is 6.93. The summed E-state index contributed by atoms with van der Waals surface area (Å²) >= 11 is 0. The van der Waals surface area contributed by atoms with Gasteiger partial charge in [-0.1, -0.05) is 13.8 Å². The maximum atomic E-state index is 11.4. The van der Waals surface area contributed by atoms with Crippen molar-refractivity contribution in [3.63, 3.8) is 0 Å². The van der Waals surface area contributed by atoms with Crippen LogP contribution in [0.4, 0.5) is 0 Å². The predicted octanol–water partition coefficient (Wildman–Crippen LogP) is 0.552. The number of rotatable bonds is 7. The van der Waals surface area contributed by atoms with Crippen molar-refractivity contribution in [2.75, 3.05) is 39.4 Å². The van der Waals surface area contributed by atoms with E-state index in [0.717, 1.165) is 19.6 Å². The van der Waals surface area contributed by atoms with Gasteiger partial charge < -0.3 is 20.1 Å². The molecular formula is C12H24N2O3. The zero-order valence-corrected chi connectivity index (χ0v) is 10.9. The average molecular weight is 244 g/mol. The van der Waals surface area contributed by atoms with Crippen molar-refractivity contribution in [2.45, 2.75) is 32.2 Å². The van der Waals surface area contributed by atoms with Crippen LogP contribution in [0.15, 0.2) is 0 Å². The summed E-state index contributed by atoms with van der Waals surface area (Å²) in [6.45, 7) is 8.91. The molecule has 2 N–H and O–H groups in total. The first-order valence-electron chi connectivity index (χ1n) is 6.43. The Morgan fingerprint density at radius 2 is 1.94 bits per heavy atom. The van der Waals surface area contributed by atoms with Gasteiger partial charge in [-0.25, -0.2) is 0 Å². The molecule has 1 rings (SSSR count). The molecule has 1 aliphatic rings. The number of hydrogen-bond acceptors (Lipinski definition) is 4. The molecule has 1 saturated heterocycles. The van der Waals surface area contributed by atoms with Crippen molar-refractivity contribution in [3.05, 3.63) is 0 Å². The molecule has 0 atom stereocenters. The molecule has 0 unspecified atom stereocenters. The Labute approximate surface area is 103 Å². The zero-order chi connectivity index (χ0) is 12.7. The lowest BCUT2D eigenvalue weighted by atomic mass is 9.90. The van der Waals surface area contributed by atoms with Crippen LogP contribution in [-0.4, -0.2) is 60.9 Å². The summed E-state index contributed by atoms with van der Waals surface area (Å²) in [6, 6.07) is 0. The van der Waals surface area contributed by atoms with Crippen LogP contribution in [0.2, 0.25) is 0 Å². The normalized spacial score (nSPS) is 19.5. The predicted molar refractivity (Wildman–Crippen MR) is 66.2 cm³/mol. The maximum absolute atomic E-state index is 11.4. The van der Waals surface area contributed by atoms with Crippen LogP contribution in [0.3, 0.4) is 0 Å². The summed E-state index contributed by atoms with van der Waals surface area (Å²) in [5.74, 6) is -0.750. The van der Waals surface area contributed by atoms with Gasteiger partial charge in [0.05, 0.1) is 0 Å². The van der Waals surface area contributed by atoms with E-state index in [1.165, 1.54) is 0 Å². The van der Waals surface area contributed by atoms with Crippen molar-refractivity contribution in [3.8, 4) is 0 Å². The average Bonchev–Trinajstić information content (AvgIpc) is 2.35. The summed E-state index contributed by atoms with van der Waals surface area (Å²) in [7, 11) is 0. The van der Waals surface area contributed by atoms with Gasteiger partial charge in [-0.3, -0.25) is 4.79 Å². The van der Waals surface area contributed by atoms with Crippen LogP contribution in [0.1, 0.15) is 26.7 Å². The number of ether oxygens (including phenoxy) is 1. The molecule has 0 spiro atoms. The molecular weight excluding hydrogens is 220 g/mol. The molecule has 5 heteroatoms. The summed E-state index contributed by atoms with van der Waals surface area (Å²) < 4.78 is 5.23. The summed E-state index contributed by atoms with van der Waals surface area (Å²) in [5, 5.41) is 12.5. The third-order valence-electron chi connectivity index (χ3n) is 3.54. The highest BCUT2D eigenvalue weighted by Gasteiger charge is 2.39. The smallest absolute Gasteiger partial charge is 0.324 e. The van der Waals surface area contributed by atoms with Crippen molar-refractivity contribution in [1.29, 1.82) is 0 Å². The van der Waals surface area contributed by atoms with E-state index in [2.05, 4.69) is 24.1 Å². The van der Waals surface area contributed by atoms with E-state index in [-0.39, 0.29) is 0 Å². The number of carboxylic acids is 1. The molecule has 5 nitrogen and oxygen atoms in total. The zero-order valence-electron chi connectivity index (χ0n) is 10.9. The van der Waals surface area contributed by atoms with Crippen molar-refractivity contribution in [1.82, 2.24) is 10.2 Å². The largest absolute Gasteiger partial charge is 0.480 e. The highest BCUT2D eigenvalue weighted by molar-refractivity contribution is 5.78. The first kappa shape index (κ1) is 14.4. The number of likely N-dealkylation sites (N-methyl/N-ethyl adjacent to an activating group) is 1. The minimum Gasteiger partial charge on any atom is -0.480 e. The van der Waals surface area contributed by atoms with Gasteiger partial charge in [-0.15, -0.1) is 0 Å². The Bertz CT molecular complexity index is 236. The number of hydrogen-bond donors (Lipinski definition) is 2. The van der Waals surface area contributed by atoms with Crippen molar-refractivity contribution < 1.29 is 14.6 Å². The number of carbonyl (C=O) groups is 1. The number of nitrogens with zero attached hydrogens (tertiary/aromatic N) is 1. The lowest BCUT2D eigenvalue weighted by Gasteiger charge is -2.34. The fourth-order valence-corrected chi connectivity index (χ4v) is 2.18. The monoisotopic (exact) mass is 244 g/mol. The van der Waals surface area contributed by atoms with Crippen molar-refractivity contribution >= 4 is 5.97 Å². The Morgan fingerprint density at radius 3 is 2.41 bits per heavy atom. The van der Waals surface area contributed by atoms with E-state index in [4.69, 9.17) is 4.74 Å². The second-order valence-corrected chi connectivity index (χ2v) is 4.45. The Balaban J connectivity index is 2.42. The molecule has 1 aliphatic heterocycles. The molecule has 0 aromatic carbocycles. The first-order valence-corrected chi connectivity index (χ1v) is 6.43. The van der Waals surface area contributed by atoms with E-state index in [0.29, 0.717) is 32.6 Å². The fraction of sp³-hybridized carbons (Fsp3) is 0.917. The van der Waals surface area contributed by atoms with Crippen LogP contribution in [0.25, 0.3) is 0 Å². The highest BCUT2D eigenvalue weighted by atomic mass is 16.5. The van der Waals surface area contributed by atoms with Gasteiger partial charge in [0.25, 0.3) is 0 Å². The molecule has 1 heterocycles. The van der Waals surface area contributed by atoms with E-state index in [9.17, 15) is 9.90 Å². The quantitative estimate of drug-likeness (QED) is 0.685. The Kier molecular flexibility index (Phi) is 5.88. The van der Waals surface area contributed by atoms with Crippen molar-refractivity contribution in [2.24, 2.45) is 0 Å². The number of carboxylic acid groups (broad SMARTS) is 1. The van der Waals surface area contributed by atoms with Gasteiger partial charge in [-0.05, 0) is 25.9 Å². The van der Waals surface area contributed by atoms with Crippen LogP contribution < -0.4 is 5.32 Å². The lowest BCUT2D eigenvalue weighted by Crippen LogP contribution is -2.56. The van der Waals surface area contributed by atoms with Gasteiger partial charge in [0, 0.05) is 26.3 Å². The lowest BCUT2D eigenvalue weighted by molar-refractivity contribution is -0.149. The molecule has 0 radical (unpaired) electrons. The molecule has 0 saturated carbocycles. The van der Waals surface area contributed by atoms with Gasteiger partial charge in [0.2, 0.25) is 0 Å². The van der Waals surface area contributed by atoms with Gasteiger partial charge in [0.15, 0.2) is 0 Å². The second-order valence-electron chi connectivity index (χ2n) is 4.45. The van der Waals surface area contributed by atoms with Gasteiger partial charge in [-0.2, -0.15) is 0 Å². The van der Waals surface area contributed by atoms with E-state index >= 15 is 0 Å². The molecule has 0 aliphatic carbocycles. The molecule has 0 aromatic rings. The van der Waals surface area contributed by atoms with E-state index < -0.39 is 11.5 Å². The van der Waals surface area contributed by atoms with Gasteiger partial charge >= 0.3 is 5.97 Å². The van der Waals surface area contributed by atoms with E-state index in [1.807, 2.05) is 0 Å². The standard InChI is InChI=1S/C12H24N2O3/c1-3-14(4-2)8-7-13-12(11(15)16)5-9-17-10-6-12/h13H,3-10H2,1-2H3,(H,15,16). The van der Waals surface area contributed by atoms with Gasteiger partial charge in [0.1, 0.15) is 5.54 Å². The third kappa shape index (κ3) is 3.94. The van der Waals surface area contributed by atoms with Crippen LogP contribution in [-0.2, 0) is 9.53 Å². The van der Waals surface area contributed by atoms with Crippen LogP contribution in [0, 0.1) is 0 Å². The van der Waals surface area contributed by atoms with E-state index in [1.54, 1.807) is 0 Å². The highest BCUT2D eigenvalue weighted by Crippen LogP contribution is 2.20.